The van der Waals surface area contributed by atoms with Crippen molar-refractivity contribution in [2.24, 2.45) is 41.4 Å². The molecule has 1 heterocycles. The number of rotatable bonds is 15. The van der Waals surface area contributed by atoms with Crippen molar-refractivity contribution >= 4 is 65.0 Å². The molecule has 504 valence electrons. The van der Waals surface area contributed by atoms with Crippen LogP contribution in [0.15, 0.2) is 12.2 Å². The molecule has 11 amide bonds. The number of nitrogens with zero attached hydrogens (tertiary/aromatic N) is 7. The summed E-state index contributed by atoms with van der Waals surface area (Å²) in [5, 5.41) is 23.1. The Morgan fingerprint density at radius 1 is 0.455 bits per heavy atom. The molecule has 23 nitrogen and oxygen atoms in total. The van der Waals surface area contributed by atoms with Crippen molar-refractivity contribution < 1.29 is 78.9 Å². The molecule has 1 fully saturated rings. The monoisotopic (exact) mass is 1410 g/mol. The minimum atomic E-state index is -1.63. The standard InChI is InChI=1S/C63H112N11O12.CH3.W/c1-26-28-29-40(15)52(75)51-56(79)66-44(27-2)59(82)68(19)43(18)58(81)69(20)46(31-35(5)6)55(78)67-49(38(11)12)62(85)70(21)45(30-34(3)4)54(77)64-41(16)53(76)65-42(17)57(80)71(22)47(32-36(7)8)60(83)72(23)48(33-37(9)10)61(84)73(24)50(39(13)14)63(86)74(51)25;;/h26,28,34-52,75H,18,27,29-33H2,1-17,19-25H3,(H,64,77)(H,65,76)(H,66,79)(H,67,78);1H3;/q2*-1;+2/b28-26+;;/t40-,41+,42-,43-,44+,45+,46+,47+,48+,49+,50+,51+,52-;;/m1../s1. The van der Waals surface area contributed by atoms with Gasteiger partial charge in [0.15, 0.2) is 0 Å². The summed E-state index contributed by atoms with van der Waals surface area (Å²) in [5.74, 6) is -10.1. The van der Waals surface area contributed by atoms with Crippen LogP contribution >= 0.6 is 0 Å². The predicted molar refractivity (Wildman–Crippen MR) is 339 cm³/mol. The zero-order valence-electron chi connectivity index (χ0n) is 58.1. The van der Waals surface area contributed by atoms with Crippen LogP contribution in [-0.2, 0) is 73.8 Å². The van der Waals surface area contributed by atoms with Crippen LogP contribution < -0.4 is 21.3 Å². The van der Waals surface area contributed by atoms with Gasteiger partial charge >= 0.3 is 21.1 Å². The number of likely N-dealkylation sites (N-methyl/N-ethyl adjacent to an activating group) is 7. The van der Waals surface area contributed by atoms with Gasteiger partial charge in [-0.2, -0.15) is 0 Å². The van der Waals surface area contributed by atoms with Crippen molar-refractivity contribution in [2.45, 2.75) is 229 Å². The number of aliphatic hydroxyl groups is 1. The molecule has 0 aromatic carbocycles. The van der Waals surface area contributed by atoms with E-state index in [9.17, 15) is 48.3 Å². The van der Waals surface area contributed by atoms with Gasteiger partial charge in [-0.25, -0.2) is 0 Å². The molecule has 1 saturated heterocycles. The maximum Gasteiger partial charge on any atom is 2.00 e. The molecular weight excluding hydrogens is 1300 g/mol. The van der Waals surface area contributed by atoms with E-state index in [-0.39, 0.29) is 84.3 Å². The number of carbonyl (C=O) groups excluding carboxylic acids is 11. The summed E-state index contributed by atoms with van der Waals surface area (Å²) in [6.45, 7) is 33.8. The zero-order valence-corrected chi connectivity index (χ0v) is 61.0. The molecule has 0 aromatic rings. The van der Waals surface area contributed by atoms with Crippen LogP contribution in [0.4, 0.5) is 0 Å². The number of carbonyl (C=O) groups is 11. The van der Waals surface area contributed by atoms with Gasteiger partial charge in [-0.1, -0.05) is 109 Å². The Hall–Kier alpha value is -5.44. The molecule has 0 saturated carbocycles. The van der Waals surface area contributed by atoms with Crippen LogP contribution in [0, 0.1) is 55.8 Å². The molecule has 13 atom stereocenters. The first-order valence-electron chi connectivity index (χ1n) is 30.8. The van der Waals surface area contributed by atoms with E-state index >= 15 is 9.59 Å². The van der Waals surface area contributed by atoms with E-state index in [1.807, 2.05) is 55.4 Å². The van der Waals surface area contributed by atoms with E-state index < -0.39 is 155 Å². The minimum Gasteiger partial charge on any atom is -0.390 e. The zero-order chi connectivity index (χ0) is 66.8. The van der Waals surface area contributed by atoms with Gasteiger partial charge in [0.05, 0.1) is 6.10 Å². The maximum atomic E-state index is 15.2. The van der Waals surface area contributed by atoms with Gasteiger partial charge in [0.2, 0.25) is 65.0 Å². The number of allylic oxidation sites excluding steroid dienone is 2. The number of hydrogen-bond donors (Lipinski definition) is 5. The molecule has 24 heteroatoms. The largest absolute Gasteiger partial charge is 2.00 e. The second kappa shape index (κ2) is 38.3. The molecule has 0 radical (unpaired) electrons. The summed E-state index contributed by atoms with van der Waals surface area (Å²) in [7, 11) is 9.82. The van der Waals surface area contributed by atoms with E-state index in [0.29, 0.717) is 6.42 Å². The average Bonchev–Trinajstić information content (AvgIpc) is 1.32. The molecule has 1 aliphatic heterocycles. The van der Waals surface area contributed by atoms with Crippen molar-refractivity contribution in [3.05, 3.63) is 26.5 Å². The summed E-state index contributed by atoms with van der Waals surface area (Å²) < 4.78 is 0. The summed E-state index contributed by atoms with van der Waals surface area (Å²) in [6.07, 6.45) is 2.91. The van der Waals surface area contributed by atoms with Crippen LogP contribution in [0.2, 0.25) is 0 Å². The first-order valence-corrected chi connectivity index (χ1v) is 30.8. The van der Waals surface area contributed by atoms with E-state index in [2.05, 4.69) is 28.2 Å². The van der Waals surface area contributed by atoms with Crippen molar-refractivity contribution in [2.75, 3.05) is 49.3 Å². The average molecular weight is 1410 g/mol. The van der Waals surface area contributed by atoms with Crippen LogP contribution in [0.1, 0.15) is 156 Å². The second-order valence-corrected chi connectivity index (χ2v) is 26.3. The molecule has 5 N–H and O–H groups in total. The fraction of sp³-hybridized carbons (Fsp3) is 0.766. The van der Waals surface area contributed by atoms with Crippen LogP contribution in [0.5, 0.6) is 0 Å². The molecule has 0 unspecified atom stereocenters. The molecule has 0 bridgehead atoms. The van der Waals surface area contributed by atoms with Gasteiger partial charge in [0.25, 0.3) is 0 Å². The Bertz CT molecular complexity index is 2370. The third-order valence-electron chi connectivity index (χ3n) is 16.4. The van der Waals surface area contributed by atoms with Crippen molar-refractivity contribution in [1.29, 1.82) is 0 Å². The molecular formula is C64H115N11O12W. The number of nitrogens with one attached hydrogen (secondary N) is 4. The Labute approximate surface area is 543 Å². The summed E-state index contributed by atoms with van der Waals surface area (Å²) >= 11 is 0. The summed E-state index contributed by atoms with van der Waals surface area (Å²) in [5.41, 5.74) is 0. The van der Waals surface area contributed by atoms with Gasteiger partial charge in [0, 0.05) is 49.3 Å². The Balaban J connectivity index is 0. The summed E-state index contributed by atoms with van der Waals surface area (Å²) in [4.78, 5) is 169. The van der Waals surface area contributed by atoms with Crippen LogP contribution in [-0.4, -0.2) is 226 Å². The van der Waals surface area contributed by atoms with E-state index in [4.69, 9.17) is 0 Å². The second-order valence-electron chi connectivity index (χ2n) is 26.3. The van der Waals surface area contributed by atoms with E-state index in [1.165, 1.54) is 82.8 Å². The topological polar surface area (TPSA) is 279 Å². The maximum absolute atomic E-state index is 15.2. The third kappa shape index (κ3) is 23.1. The molecule has 88 heavy (non-hydrogen) atoms. The van der Waals surface area contributed by atoms with Crippen LogP contribution in [0.3, 0.4) is 0 Å². The fourth-order valence-electron chi connectivity index (χ4n) is 10.8. The Morgan fingerprint density at radius 3 is 1.26 bits per heavy atom. The van der Waals surface area contributed by atoms with E-state index in [1.54, 1.807) is 60.6 Å². The molecule has 1 aliphatic rings. The van der Waals surface area contributed by atoms with Gasteiger partial charge in [0.1, 0.15) is 60.4 Å². The molecule has 0 aliphatic carbocycles. The van der Waals surface area contributed by atoms with Gasteiger partial charge in [-0.3, -0.25) is 52.7 Å². The van der Waals surface area contributed by atoms with E-state index in [0.717, 1.165) is 14.7 Å². The SMILES string of the molecule is [CH2-][C@@H]1C(=O)N(C)[C@@H](CC(C)C)C(=O)N[C@@H](C(C)C)C(=O)N(C)[C@@H](CC(C)C)C(=O)N[C@@H](C)C(=O)N[C@H](C)C(=O)N(C)[C@@H](CC(C)C)C(=O)N(C)[C@@H](CC(C)C)C(=O)N(C)[C@@H](C(C)C)C(=O)N(C)[C@@H]([C@H](O)[C@H](C)C/C=C/C)C(=O)N[C@@H](CC)C(=O)N1C.[CH3-].[W+2]. The van der Waals surface area contributed by atoms with Crippen molar-refractivity contribution in [1.82, 2.24) is 55.6 Å². The third-order valence-corrected chi connectivity index (χ3v) is 16.4. The molecule has 0 aromatic heterocycles. The fourth-order valence-corrected chi connectivity index (χ4v) is 10.8. The minimum absolute atomic E-state index is 0. The predicted octanol–water partition coefficient (Wildman–Crippen LogP) is 3.92. The number of amides is 11. The van der Waals surface area contributed by atoms with Crippen molar-refractivity contribution in [3.63, 3.8) is 0 Å². The van der Waals surface area contributed by atoms with Crippen molar-refractivity contribution in [3.8, 4) is 0 Å². The van der Waals surface area contributed by atoms with Gasteiger partial charge in [-0.05, 0) is 107 Å². The smallest absolute Gasteiger partial charge is 0.390 e. The number of aliphatic hydroxyl groups excluding tert-OH is 1. The summed E-state index contributed by atoms with van der Waals surface area (Å²) in [6, 6.07) is -14.0. The first-order chi connectivity index (χ1) is 39.6. The molecule has 1 rings (SSSR count). The normalized spacial score (nSPS) is 27.0. The Morgan fingerprint density at radius 2 is 0.841 bits per heavy atom. The Kier molecular flexibility index (Phi) is 36.8. The first kappa shape index (κ1) is 84.6. The molecule has 0 spiro atoms. The van der Waals surface area contributed by atoms with Gasteiger partial charge < -0.3 is 75.0 Å². The van der Waals surface area contributed by atoms with Crippen LogP contribution in [0.25, 0.3) is 0 Å². The number of hydrogen-bond acceptors (Lipinski definition) is 12. The quantitative estimate of drug-likeness (QED) is 0.115. The van der Waals surface area contributed by atoms with Gasteiger partial charge in [-0.15, -0.1) is 0 Å².